The minimum atomic E-state index is -0.924. The van der Waals surface area contributed by atoms with E-state index in [9.17, 15) is 18.0 Å². The molecular formula is C35H31F3O3. The summed E-state index contributed by atoms with van der Waals surface area (Å²) in [4.78, 5) is 13.7. The molecule has 1 aliphatic carbocycles. The van der Waals surface area contributed by atoms with Crippen LogP contribution in [0.25, 0.3) is 0 Å². The van der Waals surface area contributed by atoms with Crippen molar-refractivity contribution in [2.45, 2.75) is 44.6 Å². The largest absolute Gasteiger partial charge is 0.493 e. The second kappa shape index (κ2) is 12.0. The Balaban J connectivity index is 1.50. The lowest BCUT2D eigenvalue weighted by Gasteiger charge is -2.21. The topological polar surface area (TPSA) is 35.5 Å². The minimum Gasteiger partial charge on any atom is -0.493 e. The molecule has 0 aliphatic heterocycles. The van der Waals surface area contributed by atoms with Crippen LogP contribution in [-0.4, -0.2) is 12.9 Å². The van der Waals surface area contributed by atoms with Crippen LogP contribution in [0, 0.1) is 17.5 Å². The van der Waals surface area contributed by atoms with Gasteiger partial charge in [-0.2, -0.15) is 0 Å². The molecule has 2 atom stereocenters. The van der Waals surface area contributed by atoms with E-state index in [0.717, 1.165) is 23.3 Å². The molecule has 0 radical (unpaired) electrons. The normalized spacial score (nSPS) is 16.5. The first-order chi connectivity index (χ1) is 19.8. The molecule has 1 aliphatic rings. The molecule has 0 spiro atoms. The molecule has 0 amide bonds. The van der Waals surface area contributed by atoms with Gasteiger partial charge in [-0.3, -0.25) is 4.79 Å². The van der Waals surface area contributed by atoms with Gasteiger partial charge in [-0.15, -0.1) is 0 Å². The van der Waals surface area contributed by atoms with Gasteiger partial charge in [0.25, 0.3) is 0 Å². The number of hydrogen-bond donors (Lipinski definition) is 0. The molecule has 4 aromatic carbocycles. The van der Waals surface area contributed by atoms with Gasteiger partial charge in [0.2, 0.25) is 0 Å². The third-order valence-corrected chi connectivity index (χ3v) is 7.63. The van der Waals surface area contributed by atoms with E-state index >= 15 is 0 Å². The molecule has 210 valence electrons. The Bertz CT molecular complexity index is 1550. The van der Waals surface area contributed by atoms with Crippen LogP contribution in [0.1, 0.15) is 70.6 Å². The maximum Gasteiger partial charge on any atom is 0.195 e. The van der Waals surface area contributed by atoms with E-state index in [4.69, 9.17) is 9.47 Å². The zero-order valence-corrected chi connectivity index (χ0v) is 23.2. The average molecular weight is 557 g/mol. The van der Waals surface area contributed by atoms with E-state index in [1.165, 1.54) is 30.9 Å². The lowest BCUT2D eigenvalue weighted by Crippen LogP contribution is -2.14. The Morgan fingerprint density at radius 3 is 2.17 bits per heavy atom. The molecule has 41 heavy (non-hydrogen) atoms. The van der Waals surface area contributed by atoms with Crippen molar-refractivity contribution in [3.63, 3.8) is 0 Å². The first kappa shape index (κ1) is 28.2. The van der Waals surface area contributed by atoms with Crippen LogP contribution in [0.4, 0.5) is 13.2 Å². The number of rotatable bonds is 9. The molecule has 0 aromatic heterocycles. The highest BCUT2D eigenvalue weighted by Crippen LogP contribution is 2.49. The number of hydrogen-bond acceptors (Lipinski definition) is 3. The lowest BCUT2D eigenvalue weighted by molar-refractivity contribution is 0.102. The van der Waals surface area contributed by atoms with Crippen molar-refractivity contribution in [2.75, 3.05) is 7.11 Å². The molecule has 0 fully saturated rings. The summed E-state index contributed by atoms with van der Waals surface area (Å²) in [6, 6.07) is 23.0. The number of carbonyl (C=O) groups is 1. The van der Waals surface area contributed by atoms with Crippen LogP contribution in [0.5, 0.6) is 11.5 Å². The third-order valence-electron chi connectivity index (χ3n) is 7.63. The van der Waals surface area contributed by atoms with Crippen molar-refractivity contribution in [3.8, 4) is 11.5 Å². The fourth-order valence-corrected chi connectivity index (χ4v) is 5.41. The van der Waals surface area contributed by atoms with Crippen molar-refractivity contribution in [3.05, 3.63) is 142 Å². The zero-order valence-electron chi connectivity index (χ0n) is 23.2. The molecule has 0 heterocycles. The molecule has 0 saturated heterocycles. The Kier molecular flexibility index (Phi) is 8.29. The van der Waals surface area contributed by atoms with Gasteiger partial charge in [0.15, 0.2) is 17.3 Å². The van der Waals surface area contributed by atoms with E-state index in [2.05, 4.69) is 26.0 Å². The Labute approximate surface area is 238 Å². The quantitative estimate of drug-likeness (QED) is 0.193. The SMILES string of the molecule is COc1c(OCc2ccc(C(C)C)cc2)cccc1C1CC(c2ccc(F)cc2)C=C1C(=O)c1c(F)cccc1F. The monoisotopic (exact) mass is 556 g/mol. The third kappa shape index (κ3) is 5.92. The number of methoxy groups -OCH3 is 1. The molecule has 4 aromatic rings. The zero-order chi connectivity index (χ0) is 29.1. The molecule has 3 nitrogen and oxygen atoms in total. The molecular weight excluding hydrogens is 525 g/mol. The summed E-state index contributed by atoms with van der Waals surface area (Å²) in [7, 11) is 1.53. The van der Waals surface area contributed by atoms with E-state index < -0.39 is 28.9 Å². The van der Waals surface area contributed by atoms with Gasteiger partial charge in [-0.05, 0) is 59.4 Å². The van der Waals surface area contributed by atoms with Crippen molar-refractivity contribution in [1.82, 2.24) is 0 Å². The van der Waals surface area contributed by atoms with E-state index in [-0.39, 0.29) is 17.3 Å². The number of halogens is 3. The van der Waals surface area contributed by atoms with Gasteiger partial charge in [0.1, 0.15) is 24.1 Å². The fraction of sp³-hybridized carbons (Fsp3) is 0.229. The van der Waals surface area contributed by atoms with Gasteiger partial charge < -0.3 is 9.47 Å². The van der Waals surface area contributed by atoms with Crippen molar-refractivity contribution >= 4 is 5.78 Å². The van der Waals surface area contributed by atoms with Gasteiger partial charge in [0.05, 0.1) is 12.7 Å². The van der Waals surface area contributed by atoms with Crippen LogP contribution >= 0.6 is 0 Å². The van der Waals surface area contributed by atoms with Crippen LogP contribution < -0.4 is 9.47 Å². The Morgan fingerprint density at radius 1 is 0.878 bits per heavy atom. The first-order valence-corrected chi connectivity index (χ1v) is 13.6. The number of ketones is 1. The minimum absolute atomic E-state index is 0.253. The van der Waals surface area contributed by atoms with E-state index in [0.29, 0.717) is 36.0 Å². The highest BCUT2D eigenvalue weighted by Gasteiger charge is 2.37. The van der Waals surface area contributed by atoms with Gasteiger partial charge in [0, 0.05) is 23.0 Å². The maximum atomic E-state index is 14.7. The predicted molar refractivity (Wildman–Crippen MR) is 153 cm³/mol. The lowest BCUT2D eigenvalue weighted by atomic mass is 9.86. The van der Waals surface area contributed by atoms with Crippen LogP contribution in [0.15, 0.2) is 96.6 Å². The summed E-state index contributed by atoms with van der Waals surface area (Å²) in [5.74, 6) is -2.40. The second-order valence-corrected chi connectivity index (χ2v) is 10.6. The van der Waals surface area contributed by atoms with E-state index in [1.807, 2.05) is 24.3 Å². The number of carbonyl (C=O) groups excluding carboxylic acids is 1. The van der Waals surface area contributed by atoms with Crippen molar-refractivity contribution in [1.29, 1.82) is 0 Å². The number of allylic oxidation sites excluding steroid dienone is 2. The first-order valence-electron chi connectivity index (χ1n) is 13.6. The van der Waals surface area contributed by atoms with Gasteiger partial charge in [-0.1, -0.05) is 74.5 Å². The molecule has 2 unspecified atom stereocenters. The summed E-state index contributed by atoms with van der Waals surface area (Å²) in [5.41, 5.74) is 3.35. The molecule has 0 bridgehead atoms. The fourth-order valence-electron chi connectivity index (χ4n) is 5.41. The summed E-state index contributed by atoms with van der Waals surface area (Å²) >= 11 is 0. The Hall–Kier alpha value is -4.32. The summed E-state index contributed by atoms with van der Waals surface area (Å²) in [5, 5.41) is 0. The molecule has 0 saturated carbocycles. The number of para-hydroxylation sites is 1. The second-order valence-electron chi connectivity index (χ2n) is 10.6. The highest BCUT2D eigenvalue weighted by molar-refractivity contribution is 6.10. The molecule has 5 rings (SSSR count). The number of Topliss-reactive ketones (excluding diaryl/α,β-unsaturated/α-hetero) is 1. The highest BCUT2D eigenvalue weighted by atomic mass is 19.1. The summed E-state index contributed by atoms with van der Waals surface area (Å²) in [6.45, 7) is 4.59. The average Bonchev–Trinajstić information content (AvgIpc) is 3.41. The van der Waals surface area contributed by atoms with E-state index in [1.54, 1.807) is 24.3 Å². The summed E-state index contributed by atoms with van der Waals surface area (Å²) < 4.78 is 55.0. The number of benzene rings is 4. The molecule has 0 N–H and O–H groups in total. The van der Waals surface area contributed by atoms with Gasteiger partial charge in [-0.25, -0.2) is 13.2 Å². The molecule has 6 heteroatoms. The smallest absolute Gasteiger partial charge is 0.195 e. The van der Waals surface area contributed by atoms with Crippen LogP contribution in [-0.2, 0) is 6.61 Å². The maximum absolute atomic E-state index is 14.7. The van der Waals surface area contributed by atoms with Crippen LogP contribution in [0.2, 0.25) is 0 Å². The van der Waals surface area contributed by atoms with Gasteiger partial charge >= 0.3 is 0 Å². The standard InChI is InChI=1S/C35H31F3O3/c1-21(2)23-12-10-22(11-13-23)20-41-32-9-4-6-27(35(32)40-3)28-18-25(24-14-16-26(36)17-15-24)19-29(28)34(39)33-30(37)7-5-8-31(33)38/h4-17,19,21,25,28H,18,20H2,1-3H3. The van der Waals surface area contributed by atoms with Crippen LogP contribution in [0.3, 0.4) is 0 Å². The number of ether oxygens (including phenoxy) is 2. The van der Waals surface area contributed by atoms with Crippen molar-refractivity contribution < 1.29 is 27.4 Å². The summed E-state index contributed by atoms with van der Waals surface area (Å²) in [6.07, 6.45) is 2.16. The predicted octanol–water partition coefficient (Wildman–Crippen LogP) is 8.90. The van der Waals surface area contributed by atoms with Crippen molar-refractivity contribution in [2.24, 2.45) is 0 Å². The Morgan fingerprint density at radius 2 is 1.54 bits per heavy atom.